The molecular formula is C9H13NO. The van der Waals surface area contributed by atoms with Crippen LogP contribution < -0.4 is 5.32 Å². The molecule has 11 heavy (non-hydrogen) atoms. The number of hydrogen-bond donors (Lipinski definition) is 2. The van der Waals surface area contributed by atoms with Gasteiger partial charge in [-0.05, 0) is 19.1 Å². The number of anilines is 1. The maximum atomic E-state index is 8.95. The van der Waals surface area contributed by atoms with Crippen LogP contribution in [-0.2, 0) is 0 Å². The fourth-order valence-corrected chi connectivity index (χ4v) is 0.822. The van der Waals surface area contributed by atoms with Gasteiger partial charge >= 0.3 is 0 Å². The number of rotatable bonds is 3. The van der Waals surface area contributed by atoms with Crippen molar-refractivity contribution in [3.05, 3.63) is 30.3 Å². The lowest BCUT2D eigenvalue weighted by atomic mass is 10.3. The summed E-state index contributed by atoms with van der Waals surface area (Å²) < 4.78 is 0. The Hall–Kier alpha value is -1.02. The van der Waals surface area contributed by atoms with Gasteiger partial charge in [0.05, 0.1) is 6.10 Å². The number of benzene rings is 1. The van der Waals surface area contributed by atoms with Gasteiger partial charge in [-0.2, -0.15) is 0 Å². The Labute approximate surface area is 66.9 Å². The number of hydrogen-bond acceptors (Lipinski definition) is 2. The molecule has 0 heterocycles. The van der Waals surface area contributed by atoms with Crippen molar-refractivity contribution in [1.82, 2.24) is 0 Å². The molecule has 1 aromatic carbocycles. The highest BCUT2D eigenvalue weighted by Crippen LogP contribution is 2.03. The van der Waals surface area contributed by atoms with Gasteiger partial charge in [0.15, 0.2) is 0 Å². The van der Waals surface area contributed by atoms with Gasteiger partial charge in [0.2, 0.25) is 0 Å². The molecule has 0 bridgehead atoms. The molecule has 0 aliphatic carbocycles. The van der Waals surface area contributed by atoms with Crippen LogP contribution in [-0.4, -0.2) is 17.8 Å². The van der Waals surface area contributed by atoms with Crippen molar-refractivity contribution in [2.24, 2.45) is 0 Å². The second-order valence-electron chi connectivity index (χ2n) is 2.60. The fraction of sp³-hybridized carbons (Fsp3) is 0.333. The molecule has 60 valence electrons. The van der Waals surface area contributed by atoms with E-state index in [1.165, 1.54) is 0 Å². The lowest BCUT2D eigenvalue weighted by Gasteiger charge is -2.07. The Kier molecular flexibility index (Phi) is 2.93. The molecule has 0 spiro atoms. The number of para-hydroxylation sites is 1. The molecule has 0 aliphatic rings. The van der Waals surface area contributed by atoms with Crippen molar-refractivity contribution in [3.63, 3.8) is 0 Å². The van der Waals surface area contributed by atoms with Crippen molar-refractivity contribution in [2.75, 3.05) is 11.9 Å². The van der Waals surface area contributed by atoms with Gasteiger partial charge in [0, 0.05) is 12.2 Å². The van der Waals surface area contributed by atoms with E-state index in [1.54, 1.807) is 6.92 Å². The highest BCUT2D eigenvalue weighted by molar-refractivity contribution is 5.42. The van der Waals surface area contributed by atoms with Crippen molar-refractivity contribution >= 4 is 5.69 Å². The minimum absolute atomic E-state index is 0.296. The van der Waals surface area contributed by atoms with E-state index in [4.69, 9.17) is 5.11 Å². The van der Waals surface area contributed by atoms with Gasteiger partial charge in [-0.25, -0.2) is 0 Å². The van der Waals surface area contributed by atoms with Crippen molar-refractivity contribution in [3.8, 4) is 0 Å². The number of nitrogens with one attached hydrogen (secondary N) is 1. The molecule has 1 rings (SSSR count). The van der Waals surface area contributed by atoms with Crippen LogP contribution in [0.3, 0.4) is 0 Å². The topological polar surface area (TPSA) is 32.3 Å². The summed E-state index contributed by atoms with van der Waals surface area (Å²) in [6, 6.07) is 9.84. The largest absolute Gasteiger partial charge is 0.392 e. The zero-order valence-electron chi connectivity index (χ0n) is 6.62. The zero-order valence-corrected chi connectivity index (χ0v) is 6.62. The van der Waals surface area contributed by atoms with Crippen LogP contribution in [0.1, 0.15) is 6.92 Å². The first-order valence-electron chi connectivity index (χ1n) is 3.76. The first kappa shape index (κ1) is 8.08. The van der Waals surface area contributed by atoms with Crippen LogP contribution in [0.2, 0.25) is 0 Å². The molecule has 1 atom stereocenters. The van der Waals surface area contributed by atoms with Crippen LogP contribution in [0.15, 0.2) is 30.3 Å². The summed E-state index contributed by atoms with van der Waals surface area (Å²) in [5, 5.41) is 12.0. The van der Waals surface area contributed by atoms with E-state index < -0.39 is 0 Å². The third-order valence-corrected chi connectivity index (χ3v) is 1.38. The SMILES string of the molecule is CC(O)CNc1ccccc1. The van der Waals surface area contributed by atoms with Crippen molar-refractivity contribution in [2.45, 2.75) is 13.0 Å². The molecule has 0 amide bonds. The summed E-state index contributed by atoms with van der Waals surface area (Å²) in [6.07, 6.45) is -0.296. The van der Waals surface area contributed by atoms with E-state index in [1.807, 2.05) is 30.3 Å². The summed E-state index contributed by atoms with van der Waals surface area (Å²) in [7, 11) is 0. The lowest BCUT2D eigenvalue weighted by Crippen LogP contribution is -2.14. The molecule has 0 radical (unpaired) electrons. The average Bonchev–Trinajstić information content (AvgIpc) is 2.03. The normalized spacial score (nSPS) is 12.5. The maximum absolute atomic E-state index is 8.95. The van der Waals surface area contributed by atoms with Gasteiger partial charge in [-0.1, -0.05) is 18.2 Å². The van der Waals surface area contributed by atoms with Gasteiger partial charge in [0.25, 0.3) is 0 Å². The van der Waals surface area contributed by atoms with E-state index in [-0.39, 0.29) is 6.10 Å². The Morgan fingerprint density at radius 1 is 1.36 bits per heavy atom. The molecule has 0 aromatic heterocycles. The minimum Gasteiger partial charge on any atom is -0.392 e. The van der Waals surface area contributed by atoms with Gasteiger partial charge in [-0.15, -0.1) is 0 Å². The summed E-state index contributed by atoms with van der Waals surface area (Å²) in [5.41, 5.74) is 1.05. The van der Waals surface area contributed by atoms with Crippen LogP contribution >= 0.6 is 0 Å². The van der Waals surface area contributed by atoms with E-state index in [0.29, 0.717) is 6.54 Å². The second kappa shape index (κ2) is 3.98. The quantitative estimate of drug-likeness (QED) is 0.685. The fourth-order valence-electron chi connectivity index (χ4n) is 0.822. The number of aliphatic hydroxyl groups excluding tert-OH is 1. The molecule has 0 fully saturated rings. The average molecular weight is 151 g/mol. The Morgan fingerprint density at radius 2 is 2.00 bits per heavy atom. The van der Waals surface area contributed by atoms with E-state index in [2.05, 4.69) is 5.32 Å². The Morgan fingerprint density at radius 3 is 2.55 bits per heavy atom. The molecule has 1 unspecified atom stereocenters. The molecule has 1 aromatic rings. The summed E-state index contributed by atoms with van der Waals surface area (Å²) >= 11 is 0. The maximum Gasteiger partial charge on any atom is 0.0684 e. The molecule has 0 aliphatic heterocycles. The second-order valence-corrected chi connectivity index (χ2v) is 2.60. The zero-order chi connectivity index (χ0) is 8.10. The smallest absolute Gasteiger partial charge is 0.0684 e. The summed E-state index contributed by atoms with van der Waals surface area (Å²) in [5.74, 6) is 0. The third-order valence-electron chi connectivity index (χ3n) is 1.38. The van der Waals surface area contributed by atoms with Crippen molar-refractivity contribution < 1.29 is 5.11 Å². The minimum atomic E-state index is -0.296. The van der Waals surface area contributed by atoms with Gasteiger partial charge in [-0.3, -0.25) is 0 Å². The van der Waals surface area contributed by atoms with Gasteiger partial charge in [0.1, 0.15) is 0 Å². The standard InChI is InChI=1S/C9H13NO/c1-8(11)7-10-9-5-3-2-4-6-9/h2-6,8,10-11H,7H2,1H3. The summed E-state index contributed by atoms with van der Waals surface area (Å²) in [4.78, 5) is 0. The van der Waals surface area contributed by atoms with Gasteiger partial charge < -0.3 is 10.4 Å². The highest BCUT2D eigenvalue weighted by Gasteiger charge is 1.93. The first-order valence-corrected chi connectivity index (χ1v) is 3.76. The van der Waals surface area contributed by atoms with Crippen LogP contribution in [0.25, 0.3) is 0 Å². The van der Waals surface area contributed by atoms with Crippen molar-refractivity contribution in [1.29, 1.82) is 0 Å². The molecule has 0 saturated heterocycles. The molecule has 2 heteroatoms. The molecule has 2 nitrogen and oxygen atoms in total. The van der Waals surface area contributed by atoms with E-state index in [9.17, 15) is 0 Å². The third kappa shape index (κ3) is 3.05. The van der Waals surface area contributed by atoms with E-state index in [0.717, 1.165) is 5.69 Å². The highest BCUT2D eigenvalue weighted by atomic mass is 16.3. The predicted molar refractivity (Wildman–Crippen MR) is 46.6 cm³/mol. The van der Waals surface area contributed by atoms with E-state index >= 15 is 0 Å². The van der Waals surface area contributed by atoms with Crippen LogP contribution in [0, 0.1) is 0 Å². The Bertz CT molecular complexity index is 196. The summed E-state index contributed by atoms with van der Waals surface area (Å²) in [6.45, 7) is 2.36. The monoisotopic (exact) mass is 151 g/mol. The Balaban J connectivity index is 2.39. The van der Waals surface area contributed by atoms with Crippen LogP contribution in [0.5, 0.6) is 0 Å². The molecule has 2 N–H and O–H groups in total. The van der Waals surface area contributed by atoms with Crippen LogP contribution in [0.4, 0.5) is 5.69 Å². The first-order chi connectivity index (χ1) is 5.29. The molecule has 0 saturated carbocycles. The predicted octanol–water partition coefficient (Wildman–Crippen LogP) is 1.48. The lowest BCUT2D eigenvalue weighted by molar-refractivity contribution is 0.208. The molecular weight excluding hydrogens is 138 g/mol. The number of aliphatic hydroxyl groups is 1.